The van der Waals surface area contributed by atoms with E-state index in [4.69, 9.17) is 11.6 Å². The van der Waals surface area contributed by atoms with Crippen LogP contribution in [-0.4, -0.2) is 18.3 Å². The van der Waals surface area contributed by atoms with Crippen molar-refractivity contribution in [3.05, 3.63) is 22.8 Å². The Kier molecular flexibility index (Phi) is 2.44. The predicted molar refractivity (Wildman–Crippen MR) is 44.2 cm³/mol. The Morgan fingerprint density at radius 2 is 2.36 bits per heavy atom. The zero-order valence-corrected chi connectivity index (χ0v) is 6.72. The minimum absolute atomic E-state index is 0.229. The number of carbonyl (C=O) groups excluding carboxylic acids is 1. The SMILES string of the molecule is CNc1ccc(C=O)c(Cl)n1. The fourth-order valence-corrected chi connectivity index (χ4v) is 0.871. The summed E-state index contributed by atoms with van der Waals surface area (Å²) in [6.07, 6.45) is 0.675. The van der Waals surface area contributed by atoms with E-state index < -0.39 is 0 Å². The van der Waals surface area contributed by atoms with Gasteiger partial charge in [-0.05, 0) is 12.1 Å². The first-order valence-corrected chi connectivity index (χ1v) is 3.45. The predicted octanol–water partition coefficient (Wildman–Crippen LogP) is 1.59. The summed E-state index contributed by atoms with van der Waals surface area (Å²) >= 11 is 5.63. The highest BCUT2D eigenvalue weighted by Gasteiger charge is 1.99. The lowest BCUT2D eigenvalue weighted by molar-refractivity contribution is 0.112. The van der Waals surface area contributed by atoms with Crippen LogP contribution >= 0.6 is 11.6 Å². The van der Waals surface area contributed by atoms with Gasteiger partial charge in [-0.15, -0.1) is 0 Å². The molecule has 0 atom stereocenters. The molecule has 0 saturated carbocycles. The maximum Gasteiger partial charge on any atom is 0.153 e. The van der Waals surface area contributed by atoms with Crippen molar-refractivity contribution in [3.63, 3.8) is 0 Å². The molecule has 0 fully saturated rings. The molecule has 0 aliphatic rings. The van der Waals surface area contributed by atoms with Crippen molar-refractivity contribution in [2.75, 3.05) is 12.4 Å². The lowest BCUT2D eigenvalue weighted by Crippen LogP contribution is -1.94. The van der Waals surface area contributed by atoms with Crippen LogP contribution in [-0.2, 0) is 0 Å². The zero-order valence-electron chi connectivity index (χ0n) is 5.97. The Bertz CT molecular complexity index is 275. The molecule has 0 unspecified atom stereocenters. The van der Waals surface area contributed by atoms with E-state index in [0.29, 0.717) is 17.7 Å². The second-order valence-corrected chi connectivity index (χ2v) is 2.30. The van der Waals surface area contributed by atoms with Crippen LogP contribution in [0.25, 0.3) is 0 Å². The molecule has 1 aromatic heterocycles. The van der Waals surface area contributed by atoms with Crippen molar-refractivity contribution < 1.29 is 4.79 Å². The van der Waals surface area contributed by atoms with Crippen molar-refractivity contribution >= 4 is 23.7 Å². The third-order valence-electron chi connectivity index (χ3n) is 1.26. The van der Waals surface area contributed by atoms with Gasteiger partial charge >= 0.3 is 0 Å². The third-order valence-corrected chi connectivity index (χ3v) is 1.56. The van der Waals surface area contributed by atoms with E-state index in [-0.39, 0.29) is 5.15 Å². The molecule has 0 aliphatic carbocycles. The Labute approximate surface area is 69.4 Å². The number of nitrogens with one attached hydrogen (secondary N) is 1. The van der Waals surface area contributed by atoms with Gasteiger partial charge in [0.2, 0.25) is 0 Å². The third kappa shape index (κ3) is 1.68. The van der Waals surface area contributed by atoms with Crippen LogP contribution in [0.4, 0.5) is 5.82 Å². The molecule has 11 heavy (non-hydrogen) atoms. The highest BCUT2D eigenvalue weighted by Crippen LogP contribution is 2.13. The minimum Gasteiger partial charge on any atom is -0.373 e. The molecule has 0 radical (unpaired) electrons. The van der Waals surface area contributed by atoms with Crippen molar-refractivity contribution in [1.82, 2.24) is 4.98 Å². The number of halogens is 1. The maximum atomic E-state index is 10.3. The van der Waals surface area contributed by atoms with Crippen LogP contribution in [0, 0.1) is 0 Å². The summed E-state index contributed by atoms with van der Waals surface area (Å²) in [5.74, 6) is 0.653. The molecular formula is C7H7ClN2O. The number of pyridine rings is 1. The van der Waals surface area contributed by atoms with E-state index >= 15 is 0 Å². The van der Waals surface area contributed by atoms with Gasteiger partial charge in [0.15, 0.2) is 6.29 Å². The Hall–Kier alpha value is -1.09. The molecule has 0 aliphatic heterocycles. The first-order valence-electron chi connectivity index (χ1n) is 3.07. The number of hydrogen-bond acceptors (Lipinski definition) is 3. The van der Waals surface area contributed by atoms with Crippen LogP contribution < -0.4 is 5.32 Å². The molecule has 4 heteroatoms. The highest BCUT2D eigenvalue weighted by molar-refractivity contribution is 6.31. The second kappa shape index (κ2) is 3.34. The van der Waals surface area contributed by atoms with Gasteiger partial charge in [-0.2, -0.15) is 0 Å². The number of carbonyl (C=O) groups is 1. The van der Waals surface area contributed by atoms with Crippen LogP contribution in [0.1, 0.15) is 10.4 Å². The van der Waals surface area contributed by atoms with E-state index in [9.17, 15) is 4.79 Å². The summed E-state index contributed by atoms with van der Waals surface area (Å²) in [5, 5.41) is 3.04. The molecule has 1 heterocycles. The molecule has 3 nitrogen and oxygen atoms in total. The van der Waals surface area contributed by atoms with Gasteiger partial charge in [-0.1, -0.05) is 11.6 Å². The summed E-state index contributed by atoms with van der Waals surface area (Å²) < 4.78 is 0. The number of nitrogens with zero attached hydrogens (tertiary/aromatic N) is 1. The second-order valence-electron chi connectivity index (χ2n) is 1.94. The van der Waals surface area contributed by atoms with Gasteiger partial charge < -0.3 is 5.32 Å². The summed E-state index contributed by atoms with van der Waals surface area (Å²) in [6.45, 7) is 0. The Morgan fingerprint density at radius 3 is 2.82 bits per heavy atom. The van der Waals surface area contributed by atoms with E-state index in [2.05, 4.69) is 10.3 Å². The number of anilines is 1. The first-order chi connectivity index (χ1) is 5.27. The van der Waals surface area contributed by atoms with Crippen molar-refractivity contribution in [2.45, 2.75) is 0 Å². The number of aldehydes is 1. The molecule has 0 saturated heterocycles. The average molecular weight is 171 g/mol. The molecule has 1 N–H and O–H groups in total. The van der Waals surface area contributed by atoms with E-state index in [1.807, 2.05) is 0 Å². The largest absolute Gasteiger partial charge is 0.373 e. The van der Waals surface area contributed by atoms with Gasteiger partial charge in [0.05, 0.1) is 5.56 Å². The molecule has 0 amide bonds. The van der Waals surface area contributed by atoms with Gasteiger partial charge in [-0.25, -0.2) is 4.98 Å². The lowest BCUT2D eigenvalue weighted by Gasteiger charge is -1.99. The normalized spacial score (nSPS) is 9.27. The van der Waals surface area contributed by atoms with Gasteiger partial charge in [-0.3, -0.25) is 4.79 Å². The highest BCUT2D eigenvalue weighted by atomic mass is 35.5. The number of aromatic nitrogens is 1. The van der Waals surface area contributed by atoms with Gasteiger partial charge in [0, 0.05) is 7.05 Å². The molecule has 0 bridgehead atoms. The summed E-state index contributed by atoms with van der Waals surface area (Å²) in [7, 11) is 1.74. The summed E-state index contributed by atoms with van der Waals surface area (Å²) in [5.41, 5.74) is 0.408. The van der Waals surface area contributed by atoms with Crippen molar-refractivity contribution in [2.24, 2.45) is 0 Å². The Morgan fingerprint density at radius 1 is 1.64 bits per heavy atom. The summed E-state index contributed by atoms with van der Waals surface area (Å²) in [4.78, 5) is 14.2. The zero-order chi connectivity index (χ0) is 8.27. The van der Waals surface area contributed by atoms with E-state index in [0.717, 1.165) is 0 Å². The average Bonchev–Trinajstić information content (AvgIpc) is 2.04. The maximum absolute atomic E-state index is 10.3. The minimum atomic E-state index is 0.229. The molecule has 0 spiro atoms. The van der Waals surface area contributed by atoms with E-state index in [1.165, 1.54) is 0 Å². The molecule has 1 aromatic rings. The van der Waals surface area contributed by atoms with Crippen molar-refractivity contribution in [3.8, 4) is 0 Å². The Balaban J connectivity index is 3.09. The smallest absolute Gasteiger partial charge is 0.153 e. The standard InChI is InChI=1S/C7H7ClN2O/c1-9-6-3-2-5(4-11)7(8)10-6/h2-4H,1H3,(H,9,10). The number of hydrogen-bond donors (Lipinski definition) is 1. The van der Waals surface area contributed by atoms with Gasteiger partial charge in [0.1, 0.15) is 11.0 Å². The van der Waals surface area contributed by atoms with Crippen molar-refractivity contribution in [1.29, 1.82) is 0 Å². The van der Waals surface area contributed by atoms with Crippen LogP contribution in [0.3, 0.4) is 0 Å². The van der Waals surface area contributed by atoms with E-state index in [1.54, 1.807) is 19.2 Å². The molecule has 58 valence electrons. The quantitative estimate of drug-likeness (QED) is 0.542. The van der Waals surface area contributed by atoms with Crippen LogP contribution in [0.5, 0.6) is 0 Å². The fourth-order valence-electron chi connectivity index (χ4n) is 0.672. The molecule has 0 aromatic carbocycles. The molecular weight excluding hydrogens is 164 g/mol. The monoisotopic (exact) mass is 170 g/mol. The lowest BCUT2D eigenvalue weighted by atomic mass is 10.3. The van der Waals surface area contributed by atoms with Crippen LogP contribution in [0.2, 0.25) is 5.15 Å². The fraction of sp³-hybridized carbons (Fsp3) is 0.143. The van der Waals surface area contributed by atoms with Gasteiger partial charge in [0.25, 0.3) is 0 Å². The topological polar surface area (TPSA) is 42.0 Å². The molecule has 1 rings (SSSR count). The first kappa shape index (κ1) is 8.01. The van der Waals surface area contributed by atoms with Crippen LogP contribution in [0.15, 0.2) is 12.1 Å². The summed E-state index contributed by atoms with van der Waals surface area (Å²) in [6, 6.07) is 3.31. The number of rotatable bonds is 2.